The van der Waals surface area contributed by atoms with Gasteiger partial charge in [-0.1, -0.05) is 36.4 Å². The summed E-state index contributed by atoms with van der Waals surface area (Å²) in [5, 5.41) is 6.16. The molecule has 4 nitrogen and oxygen atoms in total. The van der Waals surface area contributed by atoms with Gasteiger partial charge in [-0.2, -0.15) is 0 Å². The lowest BCUT2D eigenvalue weighted by molar-refractivity contribution is -0.121. The van der Waals surface area contributed by atoms with E-state index in [9.17, 15) is 4.79 Å². The Bertz CT molecular complexity index is 612. The van der Waals surface area contributed by atoms with Crippen LogP contribution in [0.2, 0.25) is 0 Å². The maximum atomic E-state index is 11.8. The molecule has 0 spiro atoms. The van der Waals surface area contributed by atoms with Crippen molar-refractivity contribution >= 4 is 11.6 Å². The van der Waals surface area contributed by atoms with Gasteiger partial charge in [-0.05, 0) is 30.2 Å². The van der Waals surface area contributed by atoms with E-state index >= 15 is 0 Å². The van der Waals surface area contributed by atoms with Crippen molar-refractivity contribution in [3.63, 3.8) is 0 Å². The molecule has 0 fully saturated rings. The van der Waals surface area contributed by atoms with Crippen molar-refractivity contribution in [1.82, 2.24) is 5.32 Å². The summed E-state index contributed by atoms with van der Waals surface area (Å²) in [6.07, 6.45) is 0.421. The Balaban J connectivity index is 1.76. The minimum absolute atomic E-state index is 0.0305. The molecule has 2 rings (SSSR count). The number of nitrogens with one attached hydrogen (secondary N) is 2. The molecular weight excluding hydrogens is 276 g/mol. The van der Waals surface area contributed by atoms with Gasteiger partial charge in [-0.15, -0.1) is 0 Å². The van der Waals surface area contributed by atoms with Crippen LogP contribution < -0.4 is 15.4 Å². The molecule has 0 saturated heterocycles. The van der Waals surface area contributed by atoms with Gasteiger partial charge in [0.25, 0.3) is 0 Å². The Kier molecular flexibility index (Phi) is 5.83. The number of carbonyl (C=O) groups is 1. The van der Waals surface area contributed by atoms with Crippen LogP contribution in [0.5, 0.6) is 5.75 Å². The van der Waals surface area contributed by atoms with Crippen LogP contribution in [0.25, 0.3) is 0 Å². The molecule has 0 atom stereocenters. The van der Waals surface area contributed by atoms with Gasteiger partial charge in [-0.3, -0.25) is 4.79 Å². The predicted octanol–water partition coefficient (Wildman–Crippen LogP) is 3.12. The third-order valence-corrected chi connectivity index (χ3v) is 3.35. The number of benzene rings is 2. The lowest BCUT2D eigenvalue weighted by Crippen LogP contribution is -2.24. The van der Waals surface area contributed by atoms with E-state index in [1.165, 1.54) is 0 Å². The van der Waals surface area contributed by atoms with Crippen molar-refractivity contribution < 1.29 is 9.53 Å². The minimum Gasteiger partial charge on any atom is -0.495 e. The Morgan fingerprint density at radius 3 is 2.64 bits per heavy atom. The molecule has 4 heteroatoms. The van der Waals surface area contributed by atoms with Crippen molar-refractivity contribution in [3.05, 3.63) is 59.7 Å². The maximum Gasteiger partial charge on any atom is 0.222 e. The van der Waals surface area contributed by atoms with Gasteiger partial charge in [0.05, 0.1) is 12.8 Å². The molecule has 2 N–H and O–H groups in total. The molecule has 0 heterocycles. The standard InChI is InChI=1S/C18H22N2O2/c1-14-8-9-17(22-2)16(12-14)19-11-10-18(21)20-13-15-6-4-3-5-7-15/h3-9,12,19H,10-11,13H2,1-2H3,(H,20,21). The summed E-state index contributed by atoms with van der Waals surface area (Å²) in [6.45, 7) is 3.16. The molecule has 0 aliphatic rings. The number of anilines is 1. The number of carbonyl (C=O) groups excluding carboxylic acids is 1. The van der Waals surface area contributed by atoms with E-state index < -0.39 is 0 Å². The van der Waals surface area contributed by atoms with Gasteiger partial charge in [0.2, 0.25) is 5.91 Å². The fourth-order valence-electron chi connectivity index (χ4n) is 2.16. The second-order valence-electron chi connectivity index (χ2n) is 5.14. The molecule has 0 radical (unpaired) electrons. The van der Waals surface area contributed by atoms with Crippen molar-refractivity contribution in [1.29, 1.82) is 0 Å². The predicted molar refractivity (Wildman–Crippen MR) is 89.1 cm³/mol. The lowest BCUT2D eigenvalue weighted by atomic mass is 10.2. The Morgan fingerprint density at radius 2 is 1.91 bits per heavy atom. The first-order valence-electron chi connectivity index (χ1n) is 7.38. The fourth-order valence-corrected chi connectivity index (χ4v) is 2.16. The average Bonchev–Trinajstić information content (AvgIpc) is 2.54. The monoisotopic (exact) mass is 298 g/mol. The van der Waals surface area contributed by atoms with Gasteiger partial charge in [0, 0.05) is 19.5 Å². The van der Waals surface area contributed by atoms with Crippen LogP contribution in [0.3, 0.4) is 0 Å². The first kappa shape index (κ1) is 15.9. The minimum atomic E-state index is 0.0305. The van der Waals surface area contributed by atoms with E-state index in [2.05, 4.69) is 10.6 Å². The number of rotatable bonds is 7. The molecule has 0 aliphatic heterocycles. The SMILES string of the molecule is COc1ccc(C)cc1NCCC(=O)NCc1ccccc1. The molecule has 0 aromatic heterocycles. The van der Waals surface area contributed by atoms with E-state index in [0.717, 1.165) is 22.6 Å². The summed E-state index contributed by atoms with van der Waals surface area (Å²) in [6, 6.07) is 15.8. The topological polar surface area (TPSA) is 50.4 Å². The molecule has 22 heavy (non-hydrogen) atoms. The maximum absolute atomic E-state index is 11.8. The zero-order valence-electron chi connectivity index (χ0n) is 13.1. The summed E-state index contributed by atoms with van der Waals surface area (Å²) in [7, 11) is 1.64. The van der Waals surface area contributed by atoms with Gasteiger partial charge >= 0.3 is 0 Å². The van der Waals surface area contributed by atoms with Crippen LogP contribution in [-0.4, -0.2) is 19.6 Å². The van der Waals surface area contributed by atoms with Gasteiger partial charge < -0.3 is 15.4 Å². The summed E-state index contributed by atoms with van der Waals surface area (Å²) in [4.78, 5) is 11.8. The van der Waals surface area contributed by atoms with Crippen LogP contribution in [0.4, 0.5) is 5.69 Å². The van der Waals surface area contributed by atoms with E-state index in [-0.39, 0.29) is 5.91 Å². The lowest BCUT2D eigenvalue weighted by Gasteiger charge is -2.12. The van der Waals surface area contributed by atoms with Crippen molar-refractivity contribution in [2.45, 2.75) is 19.9 Å². The van der Waals surface area contributed by atoms with Gasteiger partial charge in [-0.25, -0.2) is 0 Å². The second-order valence-corrected chi connectivity index (χ2v) is 5.14. The van der Waals surface area contributed by atoms with Gasteiger partial charge in [0.15, 0.2) is 0 Å². The largest absolute Gasteiger partial charge is 0.495 e. The van der Waals surface area contributed by atoms with Crippen molar-refractivity contribution in [2.75, 3.05) is 19.0 Å². The van der Waals surface area contributed by atoms with Crippen LogP contribution in [0.1, 0.15) is 17.5 Å². The van der Waals surface area contributed by atoms with E-state index in [1.54, 1.807) is 7.11 Å². The van der Waals surface area contributed by atoms with Crippen LogP contribution >= 0.6 is 0 Å². The number of methoxy groups -OCH3 is 1. The zero-order chi connectivity index (χ0) is 15.8. The van der Waals surface area contributed by atoms with Gasteiger partial charge in [0.1, 0.15) is 5.75 Å². The molecule has 2 aromatic rings. The molecular formula is C18H22N2O2. The quantitative estimate of drug-likeness (QED) is 0.825. The summed E-state index contributed by atoms with van der Waals surface area (Å²) in [5.74, 6) is 0.818. The molecule has 1 amide bonds. The van der Waals surface area contributed by atoms with Crippen LogP contribution in [-0.2, 0) is 11.3 Å². The van der Waals surface area contributed by atoms with E-state index in [4.69, 9.17) is 4.74 Å². The highest BCUT2D eigenvalue weighted by Gasteiger charge is 2.05. The summed E-state index contributed by atoms with van der Waals surface area (Å²) >= 11 is 0. The highest BCUT2D eigenvalue weighted by atomic mass is 16.5. The smallest absolute Gasteiger partial charge is 0.222 e. The van der Waals surface area contributed by atoms with Crippen molar-refractivity contribution in [2.24, 2.45) is 0 Å². The molecule has 0 saturated carbocycles. The normalized spacial score (nSPS) is 10.1. The average molecular weight is 298 g/mol. The Morgan fingerprint density at radius 1 is 1.14 bits per heavy atom. The first-order chi connectivity index (χ1) is 10.7. The fraction of sp³-hybridized carbons (Fsp3) is 0.278. The number of amides is 1. The highest BCUT2D eigenvalue weighted by molar-refractivity contribution is 5.76. The first-order valence-corrected chi connectivity index (χ1v) is 7.38. The Labute approximate surface area is 131 Å². The number of aryl methyl sites for hydroxylation is 1. The Hall–Kier alpha value is -2.49. The number of hydrogen-bond donors (Lipinski definition) is 2. The summed E-state index contributed by atoms with van der Waals surface area (Å²) in [5.41, 5.74) is 3.17. The molecule has 2 aromatic carbocycles. The molecule has 116 valence electrons. The molecule has 0 aliphatic carbocycles. The van der Waals surface area contributed by atoms with E-state index in [0.29, 0.717) is 19.5 Å². The number of ether oxygens (including phenoxy) is 1. The third-order valence-electron chi connectivity index (χ3n) is 3.35. The number of hydrogen-bond acceptors (Lipinski definition) is 3. The van der Waals surface area contributed by atoms with E-state index in [1.807, 2.05) is 55.5 Å². The van der Waals surface area contributed by atoms with Crippen molar-refractivity contribution in [3.8, 4) is 5.75 Å². The molecule has 0 unspecified atom stereocenters. The highest BCUT2D eigenvalue weighted by Crippen LogP contribution is 2.24. The molecule has 0 bridgehead atoms. The van der Waals surface area contributed by atoms with Crippen LogP contribution in [0, 0.1) is 6.92 Å². The zero-order valence-corrected chi connectivity index (χ0v) is 13.1. The van der Waals surface area contributed by atoms with Crippen LogP contribution in [0.15, 0.2) is 48.5 Å². The second kappa shape index (κ2) is 8.08. The third kappa shape index (κ3) is 4.81. The summed E-state index contributed by atoms with van der Waals surface area (Å²) < 4.78 is 5.30.